The van der Waals surface area contributed by atoms with Gasteiger partial charge in [-0.1, -0.05) is 30.3 Å². The molecule has 1 aliphatic rings. The van der Waals surface area contributed by atoms with Crippen molar-refractivity contribution in [2.24, 2.45) is 4.99 Å². The van der Waals surface area contributed by atoms with Gasteiger partial charge in [0, 0.05) is 12.8 Å². The summed E-state index contributed by atoms with van der Waals surface area (Å²) in [6.07, 6.45) is 3.07. The largest absolute Gasteiger partial charge is 0.292 e. The van der Waals surface area contributed by atoms with Gasteiger partial charge in [-0.15, -0.1) is 0 Å². The highest BCUT2D eigenvalue weighted by molar-refractivity contribution is 5.92. The lowest BCUT2D eigenvalue weighted by molar-refractivity contribution is 0.955. The van der Waals surface area contributed by atoms with Gasteiger partial charge < -0.3 is 0 Å². The molecule has 1 heteroatoms. The molecule has 0 amide bonds. The standard InChI is InChI=1S/C13H11N/c1-2-4-11-8-13-9-14-6-5-12(13)7-10(11)3-1/h1-4,7-9H,5-6H2. The first kappa shape index (κ1) is 7.74. The van der Waals surface area contributed by atoms with E-state index in [1.54, 1.807) is 0 Å². The molecular weight excluding hydrogens is 170 g/mol. The molecule has 1 heterocycles. The van der Waals surface area contributed by atoms with Crippen LogP contribution in [0.2, 0.25) is 0 Å². The van der Waals surface area contributed by atoms with Crippen LogP contribution in [-0.2, 0) is 6.42 Å². The minimum atomic E-state index is 0.936. The van der Waals surface area contributed by atoms with Gasteiger partial charge in [-0.25, -0.2) is 0 Å². The normalized spacial score (nSPS) is 14.3. The lowest BCUT2D eigenvalue weighted by Crippen LogP contribution is -2.02. The number of benzene rings is 2. The summed E-state index contributed by atoms with van der Waals surface area (Å²) in [4.78, 5) is 4.30. The fourth-order valence-corrected chi connectivity index (χ4v) is 1.99. The maximum atomic E-state index is 4.30. The maximum Gasteiger partial charge on any atom is 0.0430 e. The summed E-state index contributed by atoms with van der Waals surface area (Å²) in [7, 11) is 0. The number of hydrogen-bond donors (Lipinski definition) is 0. The predicted octanol–water partition coefficient (Wildman–Crippen LogP) is 2.81. The van der Waals surface area contributed by atoms with Gasteiger partial charge in [0.05, 0.1) is 0 Å². The van der Waals surface area contributed by atoms with Crippen molar-refractivity contribution in [2.45, 2.75) is 6.42 Å². The van der Waals surface area contributed by atoms with E-state index in [-0.39, 0.29) is 0 Å². The predicted molar refractivity (Wildman–Crippen MR) is 60.1 cm³/mol. The minimum Gasteiger partial charge on any atom is -0.292 e. The Bertz CT molecular complexity index is 512. The van der Waals surface area contributed by atoms with Crippen LogP contribution in [0, 0.1) is 0 Å². The van der Waals surface area contributed by atoms with Gasteiger partial charge in [0.2, 0.25) is 0 Å². The van der Waals surface area contributed by atoms with Crippen LogP contribution in [0.5, 0.6) is 0 Å². The molecule has 2 aromatic rings. The van der Waals surface area contributed by atoms with E-state index in [0.717, 1.165) is 13.0 Å². The summed E-state index contributed by atoms with van der Waals surface area (Å²) < 4.78 is 0. The summed E-state index contributed by atoms with van der Waals surface area (Å²) in [5.74, 6) is 0. The first-order chi connectivity index (χ1) is 6.93. The molecule has 0 radical (unpaired) electrons. The third-order valence-corrected chi connectivity index (χ3v) is 2.75. The molecule has 3 rings (SSSR count). The third kappa shape index (κ3) is 1.13. The molecule has 1 aliphatic heterocycles. The second-order valence-corrected chi connectivity index (χ2v) is 3.68. The number of aliphatic imine (C=N–C) groups is 1. The summed E-state index contributed by atoms with van der Waals surface area (Å²) in [5.41, 5.74) is 2.72. The number of nitrogens with zero attached hydrogens (tertiary/aromatic N) is 1. The highest BCUT2D eigenvalue weighted by Crippen LogP contribution is 2.21. The van der Waals surface area contributed by atoms with Crippen LogP contribution in [-0.4, -0.2) is 12.8 Å². The zero-order valence-corrected chi connectivity index (χ0v) is 7.90. The smallest absolute Gasteiger partial charge is 0.0430 e. The topological polar surface area (TPSA) is 12.4 Å². The van der Waals surface area contributed by atoms with E-state index in [2.05, 4.69) is 41.4 Å². The van der Waals surface area contributed by atoms with Crippen molar-refractivity contribution in [3.63, 3.8) is 0 Å². The molecule has 0 aromatic heterocycles. The minimum absolute atomic E-state index is 0.936. The molecule has 2 aromatic carbocycles. The SMILES string of the molecule is C1=NCCc2cc3ccccc3cc21. The summed E-state index contributed by atoms with van der Waals surface area (Å²) in [6, 6.07) is 13.0. The van der Waals surface area contributed by atoms with Gasteiger partial charge in [0.25, 0.3) is 0 Å². The zero-order chi connectivity index (χ0) is 9.38. The lowest BCUT2D eigenvalue weighted by Gasteiger charge is -2.10. The molecule has 0 unspecified atom stereocenters. The highest BCUT2D eigenvalue weighted by Gasteiger charge is 2.05. The molecule has 14 heavy (non-hydrogen) atoms. The number of rotatable bonds is 0. The second kappa shape index (κ2) is 2.95. The van der Waals surface area contributed by atoms with Crippen molar-refractivity contribution in [1.82, 2.24) is 0 Å². The van der Waals surface area contributed by atoms with Crippen LogP contribution in [0.25, 0.3) is 10.8 Å². The summed E-state index contributed by atoms with van der Waals surface area (Å²) in [5, 5.41) is 2.64. The average molecular weight is 181 g/mol. The van der Waals surface area contributed by atoms with Crippen molar-refractivity contribution in [3.05, 3.63) is 47.5 Å². The van der Waals surface area contributed by atoms with Crippen LogP contribution >= 0.6 is 0 Å². The van der Waals surface area contributed by atoms with Crippen molar-refractivity contribution in [3.8, 4) is 0 Å². The van der Waals surface area contributed by atoms with Crippen molar-refractivity contribution >= 4 is 17.0 Å². The molecule has 0 saturated heterocycles. The van der Waals surface area contributed by atoms with Gasteiger partial charge in [-0.2, -0.15) is 0 Å². The van der Waals surface area contributed by atoms with E-state index < -0.39 is 0 Å². The van der Waals surface area contributed by atoms with Gasteiger partial charge in [-0.3, -0.25) is 4.99 Å². The molecule has 0 fully saturated rings. The molecule has 0 saturated carbocycles. The first-order valence-corrected chi connectivity index (χ1v) is 4.95. The van der Waals surface area contributed by atoms with E-state index >= 15 is 0 Å². The van der Waals surface area contributed by atoms with Gasteiger partial charge in [-0.05, 0) is 34.4 Å². The Morgan fingerprint density at radius 1 is 1.00 bits per heavy atom. The average Bonchev–Trinajstić information content (AvgIpc) is 2.26. The van der Waals surface area contributed by atoms with Crippen LogP contribution in [0.4, 0.5) is 0 Å². The molecule has 0 atom stereocenters. The van der Waals surface area contributed by atoms with Crippen LogP contribution in [0.1, 0.15) is 11.1 Å². The third-order valence-electron chi connectivity index (χ3n) is 2.75. The van der Waals surface area contributed by atoms with Crippen molar-refractivity contribution < 1.29 is 0 Å². The molecule has 0 bridgehead atoms. The lowest BCUT2D eigenvalue weighted by atomic mass is 9.98. The second-order valence-electron chi connectivity index (χ2n) is 3.68. The van der Waals surface area contributed by atoms with E-state index in [1.165, 1.54) is 21.9 Å². The first-order valence-electron chi connectivity index (χ1n) is 4.95. The summed E-state index contributed by atoms with van der Waals surface area (Å²) >= 11 is 0. The quantitative estimate of drug-likeness (QED) is 0.592. The number of fused-ring (bicyclic) bond motifs is 2. The Morgan fingerprint density at radius 2 is 1.79 bits per heavy atom. The van der Waals surface area contributed by atoms with Crippen LogP contribution < -0.4 is 0 Å². The van der Waals surface area contributed by atoms with E-state index in [9.17, 15) is 0 Å². The molecule has 68 valence electrons. The Balaban J connectivity index is 2.34. The molecule has 0 aliphatic carbocycles. The maximum absolute atomic E-state index is 4.30. The molecular formula is C13H11N. The molecule has 1 nitrogen and oxygen atoms in total. The van der Waals surface area contributed by atoms with E-state index in [1.807, 2.05) is 6.21 Å². The Hall–Kier alpha value is -1.63. The van der Waals surface area contributed by atoms with Crippen LogP contribution in [0.15, 0.2) is 41.4 Å². The fraction of sp³-hybridized carbons (Fsp3) is 0.154. The number of hydrogen-bond acceptors (Lipinski definition) is 1. The molecule has 0 spiro atoms. The monoisotopic (exact) mass is 181 g/mol. The summed E-state index contributed by atoms with van der Waals surface area (Å²) in [6.45, 7) is 0.936. The van der Waals surface area contributed by atoms with Crippen molar-refractivity contribution in [2.75, 3.05) is 6.54 Å². The highest BCUT2D eigenvalue weighted by atomic mass is 14.7. The van der Waals surface area contributed by atoms with Crippen LogP contribution in [0.3, 0.4) is 0 Å². The van der Waals surface area contributed by atoms with Crippen molar-refractivity contribution in [1.29, 1.82) is 0 Å². The fourth-order valence-electron chi connectivity index (χ4n) is 1.99. The Kier molecular flexibility index (Phi) is 1.63. The van der Waals surface area contributed by atoms with Gasteiger partial charge in [0.15, 0.2) is 0 Å². The van der Waals surface area contributed by atoms with E-state index in [4.69, 9.17) is 0 Å². The Labute approximate surface area is 83.1 Å². The zero-order valence-electron chi connectivity index (χ0n) is 7.90. The molecule has 0 N–H and O–H groups in total. The Morgan fingerprint density at radius 3 is 2.64 bits per heavy atom. The van der Waals surface area contributed by atoms with E-state index in [0.29, 0.717) is 0 Å². The van der Waals surface area contributed by atoms with Gasteiger partial charge >= 0.3 is 0 Å². The van der Waals surface area contributed by atoms with Gasteiger partial charge in [0.1, 0.15) is 0 Å².